The van der Waals surface area contributed by atoms with Gasteiger partial charge in [-0.05, 0) is 56.7 Å². The number of rotatable bonds is 6. The summed E-state index contributed by atoms with van der Waals surface area (Å²) in [5.74, 6) is 0.905. The van der Waals surface area contributed by atoms with Gasteiger partial charge in [0.25, 0.3) is 5.91 Å². The van der Waals surface area contributed by atoms with E-state index in [1.807, 2.05) is 4.68 Å². The van der Waals surface area contributed by atoms with Crippen molar-refractivity contribution in [1.82, 2.24) is 14.1 Å². The first-order valence-electron chi connectivity index (χ1n) is 9.92. The molecule has 1 aliphatic heterocycles. The van der Waals surface area contributed by atoms with E-state index in [4.69, 9.17) is 0 Å². The van der Waals surface area contributed by atoms with Gasteiger partial charge in [0.2, 0.25) is 10.0 Å². The van der Waals surface area contributed by atoms with Gasteiger partial charge in [0.1, 0.15) is 5.82 Å². The summed E-state index contributed by atoms with van der Waals surface area (Å²) in [6.07, 6.45) is 6.86. The first-order chi connectivity index (χ1) is 13.5. The summed E-state index contributed by atoms with van der Waals surface area (Å²) in [5.41, 5.74) is 0.324. The Morgan fingerprint density at radius 3 is 2.64 bits per heavy atom. The molecule has 1 aliphatic carbocycles. The van der Waals surface area contributed by atoms with Crippen LogP contribution in [0.15, 0.2) is 41.4 Å². The molecule has 1 aromatic carbocycles. The molecule has 2 aliphatic rings. The first kappa shape index (κ1) is 19.1. The van der Waals surface area contributed by atoms with E-state index in [-0.39, 0.29) is 16.8 Å². The van der Waals surface area contributed by atoms with E-state index in [0.29, 0.717) is 30.4 Å². The minimum atomic E-state index is -3.57. The number of sulfonamides is 1. The third kappa shape index (κ3) is 3.84. The number of nitrogens with one attached hydrogen (secondary N) is 1. The predicted octanol–water partition coefficient (Wildman–Crippen LogP) is 3.28. The molecule has 7 nitrogen and oxygen atoms in total. The predicted molar refractivity (Wildman–Crippen MR) is 107 cm³/mol. The lowest BCUT2D eigenvalue weighted by atomic mass is 10.2. The monoisotopic (exact) mass is 402 g/mol. The van der Waals surface area contributed by atoms with Crippen LogP contribution < -0.4 is 5.32 Å². The number of hydrogen-bond acceptors (Lipinski definition) is 4. The zero-order valence-electron chi connectivity index (χ0n) is 16.0. The van der Waals surface area contributed by atoms with E-state index >= 15 is 0 Å². The van der Waals surface area contributed by atoms with Gasteiger partial charge in [-0.25, -0.2) is 13.1 Å². The molecular weight excluding hydrogens is 376 g/mol. The molecule has 8 heteroatoms. The summed E-state index contributed by atoms with van der Waals surface area (Å²) in [5, 5.41) is 7.22. The summed E-state index contributed by atoms with van der Waals surface area (Å²) in [6, 6.07) is 8.28. The van der Waals surface area contributed by atoms with Gasteiger partial charge in [-0.1, -0.05) is 12.5 Å². The molecule has 1 aromatic heterocycles. The fourth-order valence-corrected chi connectivity index (χ4v) is 5.32. The van der Waals surface area contributed by atoms with Gasteiger partial charge in [0.05, 0.1) is 17.1 Å². The Morgan fingerprint density at radius 2 is 1.93 bits per heavy atom. The van der Waals surface area contributed by atoms with Crippen LogP contribution in [-0.2, 0) is 10.0 Å². The molecule has 150 valence electrons. The topological polar surface area (TPSA) is 84.3 Å². The molecule has 1 amide bonds. The van der Waals surface area contributed by atoms with Crippen molar-refractivity contribution in [1.29, 1.82) is 0 Å². The Balaban J connectivity index is 1.53. The highest BCUT2D eigenvalue weighted by Crippen LogP contribution is 2.40. The van der Waals surface area contributed by atoms with Crippen LogP contribution in [0.4, 0.5) is 5.82 Å². The van der Waals surface area contributed by atoms with Crippen molar-refractivity contribution in [2.24, 2.45) is 5.92 Å². The van der Waals surface area contributed by atoms with Gasteiger partial charge in [-0.15, -0.1) is 0 Å². The average molecular weight is 403 g/mol. The number of carbonyl (C=O) groups is 1. The minimum absolute atomic E-state index is 0.168. The van der Waals surface area contributed by atoms with Crippen molar-refractivity contribution in [2.75, 3.05) is 18.4 Å². The SMILES string of the molecule is C[C@@H](C1CC1)n1nccc1NC(=O)c1cccc(S(=O)(=O)N2CCCCC2)c1. The minimum Gasteiger partial charge on any atom is -0.307 e. The van der Waals surface area contributed by atoms with Crippen molar-refractivity contribution in [3.63, 3.8) is 0 Å². The highest BCUT2D eigenvalue weighted by molar-refractivity contribution is 7.89. The van der Waals surface area contributed by atoms with Crippen LogP contribution in [0.3, 0.4) is 0 Å². The number of aromatic nitrogens is 2. The summed E-state index contributed by atoms with van der Waals surface area (Å²) in [4.78, 5) is 12.9. The first-order valence-corrected chi connectivity index (χ1v) is 11.4. The van der Waals surface area contributed by atoms with Gasteiger partial charge in [0.15, 0.2) is 0 Å². The molecule has 28 heavy (non-hydrogen) atoms. The van der Waals surface area contributed by atoms with Crippen molar-refractivity contribution in [3.8, 4) is 0 Å². The molecule has 2 aromatic rings. The summed E-state index contributed by atoms with van der Waals surface area (Å²) < 4.78 is 29.1. The molecule has 1 N–H and O–H groups in total. The second kappa shape index (κ2) is 7.67. The summed E-state index contributed by atoms with van der Waals surface area (Å²) >= 11 is 0. The molecule has 0 spiro atoms. The van der Waals surface area contributed by atoms with Crippen molar-refractivity contribution >= 4 is 21.7 Å². The van der Waals surface area contributed by atoms with Crippen LogP contribution in [0.2, 0.25) is 0 Å². The van der Waals surface area contributed by atoms with Crippen molar-refractivity contribution < 1.29 is 13.2 Å². The maximum atomic E-state index is 12.9. The Labute approximate surface area is 165 Å². The lowest BCUT2D eigenvalue weighted by molar-refractivity contribution is 0.102. The molecule has 0 radical (unpaired) electrons. The molecular formula is C20H26N4O3S. The van der Waals surface area contributed by atoms with Crippen LogP contribution >= 0.6 is 0 Å². The molecule has 2 fully saturated rings. The standard InChI is InChI=1S/C20H26N4O3S/c1-15(16-8-9-16)24-19(10-11-21-24)22-20(25)17-6-5-7-18(14-17)28(26,27)23-12-3-2-4-13-23/h5-7,10-11,14-16H,2-4,8-9,12-13H2,1H3,(H,22,25)/t15-/m0/s1. The van der Waals surface area contributed by atoms with Gasteiger partial charge < -0.3 is 5.32 Å². The molecule has 1 atom stereocenters. The maximum absolute atomic E-state index is 12.9. The van der Waals surface area contributed by atoms with E-state index in [0.717, 1.165) is 19.3 Å². The van der Waals surface area contributed by atoms with Gasteiger partial charge in [-0.2, -0.15) is 9.40 Å². The summed E-state index contributed by atoms with van der Waals surface area (Å²) in [6.45, 7) is 3.18. The van der Waals surface area contributed by atoms with Crippen LogP contribution in [0.25, 0.3) is 0 Å². The van der Waals surface area contributed by atoms with Gasteiger partial charge in [-0.3, -0.25) is 4.79 Å². The third-order valence-electron chi connectivity index (χ3n) is 5.65. The Morgan fingerprint density at radius 1 is 1.18 bits per heavy atom. The van der Waals surface area contributed by atoms with Gasteiger partial charge >= 0.3 is 0 Å². The number of anilines is 1. The van der Waals surface area contributed by atoms with Gasteiger partial charge in [0, 0.05) is 24.7 Å². The Bertz CT molecular complexity index is 959. The largest absolute Gasteiger partial charge is 0.307 e. The summed E-state index contributed by atoms with van der Waals surface area (Å²) in [7, 11) is -3.57. The van der Waals surface area contributed by atoms with E-state index in [2.05, 4.69) is 17.3 Å². The number of carbonyl (C=O) groups excluding carboxylic acids is 1. The van der Waals surface area contributed by atoms with Crippen LogP contribution in [0.5, 0.6) is 0 Å². The zero-order valence-corrected chi connectivity index (χ0v) is 16.9. The maximum Gasteiger partial charge on any atom is 0.256 e. The Hall–Kier alpha value is -2.19. The van der Waals surface area contributed by atoms with E-state index in [1.165, 1.54) is 23.2 Å². The molecule has 2 heterocycles. The van der Waals surface area contributed by atoms with Crippen LogP contribution in [0.1, 0.15) is 55.4 Å². The highest BCUT2D eigenvalue weighted by Gasteiger charge is 2.31. The fraction of sp³-hybridized carbons (Fsp3) is 0.500. The number of hydrogen-bond donors (Lipinski definition) is 1. The van der Waals surface area contributed by atoms with E-state index in [9.17, 15) is 13.2 Å². The fourth-order valence-electron chi connectivity index (χ4n) is 3.76. The normalized spacial score (nSPS) is 19.3. The number of piperidine rings is 1. The lowest BCUT2D eigenvalue weighted by Crippen LogP contribution is -2.35. The van der Waals surface area contributed by atoms with E-state index < -0.39 is 10.0 Å². The molecule has 0 bridgehead atoms. The lowest BCUT2D eigenvalue weighted by Gasteiger charge is -2.26. The number of nitrogens with zero attached hydrogens (tertiary/aromatic N) is 3. The second-order valence-electron chi connectivity index (χ2n) is 7.69. The zero-order chi connectivity index (χ0) is 19.7. The van der Waals surface area contributed by atoms with Crippen molar-refractivity contribution in [2.45, 2.75) is 50.0 Å². The Kier molecular flexibility index (Phi) is 5.25. The molecule has 1 saturated heterocycles. The third-order valence-corrected chi connectivity index (χ3v) is 7.55. The molecule has 1 saturated carbocycles. The average Bonchev–Trinajstić information content (AvgIpc) is 3.47. The molecule has 4 rings (SSSR count). The van der Waals surface area contributed by atoms with E-state index in [1.54, 1.807) is 30.5 Å². The number of amides is 1. The number of benzene rings is 1. The second-order valence-corrected chi connectivity index (χ2v) is 9.62. The van der Waals surface area contributed by atoms with Crippen LogP contribution in [-0.4, -0.2) is 41.5 Å². The smallest absolute Gasteiger partial charge is 0.256 e. The highest BCUT2D eigenvalue weighted by atomic mass is 32.2. The quantitative estimate of drug-likeness (QED) is 0.804. The van der Waals surface area contributed by atoms with Crippen molar-refractivity contribution in [3.05, 3.63) is 42.1 Å². The van der Waals surface area contributed by atoms with Crippen LogP contribution in [0, 0.1) is 5.92 Å². The molecule has 0 unspecified atom stereocenters.